The van der Waals surface area contributed by atoms with Crippen molar-refractivity contribution in [3.8, 4) is 0 Å². The Morgan fingerprint density at radius 1 is 1.17 bits per heavy atom. The Labute approximate surface area is 109 Å². The van der Waals surface area contributed by atoms with Gasteiger partial charge in [0.15, 0.2) is 0 Å². The topological polar surface area (TPSA) is 30.0 Å². The number of pyridine rings is 1. The summed E-state index contributed by atoms with van der Waals surface area (Å²) in [5.41, 5.74) is 0.747. The quantitative estimate of drug-likeness (QED) is 0.649. The Bertz CT molecular complexity index is 725. The summed E-state index contributed by atoms with van der Waals surface area (Å²) in [6.07, 6.45) is 3.50. The molecule has 0 radical (unpaired) electrons. The molecule has 0 unspecified atom stereocenters. The average Bonchev–Trinajstić information content (AvgIpc) is 2.84. The third kappa shape index (κ3) is 1.83. The van der Waals surface area contributed by atoms with Gasteiger partial charge >= 0.3 is 0 Å². The minimum atomic E-state index is 0.0879. The molecule has 0 saturated heterocycles. The van der Waals surface area contributed by atoms with Crippen molar-refractivity contribution in [2.75, 3.05) is 0 Å². The number of carbonyl (C=O) groups excluding carboxylic acids is 1. The number of aromatic nitrogens is 1. The number of thiophene rings is 1. The molecule has 0 saturated carbocycles. The van der Waals surface area contributed by atoms with E-state index in [2.05, 4.69) is 4.98 Å². The molecule has 3 aromatic rings. The van der Waals surface area contributed by atoms with Gasteiger partial charge in [-0.25, -0.2) is 0 Å². The molecule has 0 fully saturated rings. The van der Waals surface area contributed by atoms with Crippen LogP contribution >= 0.6 is 11.3 Å². The zero-order valence-corrected chi connectivity index (χ0v) is 10.7. The molecule has 0 bridgehead atoms. The van der Waals surface area contributed by atoms with E-state index in [4.69, 9.17) is 0 Å². The second-order valence-electron chi connectivity index (χ2n) is 4.14. The lowest BCUT2D eigenvalue weighted by Crippen LogP contribution is -1.99. The molecule has 0 aliphatic heterocycles. The molecule has 0 N–H and O–H groups in total. The van der Waals surface area contributed by atoms with Gasteiger partial charge in [0.05, 0.1) is 4.88 Å². The highest BCUT2D eigenvalue weighted by molar-refractivity contribution is 7.14. The smallest absolute Gasteiger partial charge is 0.203 e. The van der Waals surface area contributed by atoms with E-state index < -0.39 is 0 Å². The maximum Gasteiger partial charge on any atom is 0.203 e. The van der Waals surface area contributed by atoms with Gasteiger partial charge in [0.2, 0.25) is 5.78 Å². The minimum absolute atomic E-state index is 0.0879. The Kier molecular flexibility index (Phi) is 2.68. The van der Waals surface area contributed by atoms with Gasteiger partial charge in [-0.05, 0) is 30.5 Å². The van der Waals surface area contributed by atoms with Crippen LogP contribution in [0.15, 0.2) is 48.8 Å². The number of hydrogen-bond donors (Lipinski definition) is 0. The molecule has 0 spiro atoms. The first-order chi connectivity index (χ1) is 8.75. The molecule has 0 atom stereocenters. The van der Waals surface area contributed by atoms with Gasteiger partial charge in [-0.2, -0.15) is 0 Å². The van der Waals surface area contributed by atoms with Crippen molar-refractivity contribution in [3.05, 3.63) is 64.1 Å². The fraction of sp³-hybridized carbons (Fsp3) is 0.0667. The normalized spacial score (nSPS) is 10.7. The van der Waals surface area contributed by atoms with Crippen LogP contribution in [0.2, 0.25) is 0 Å². The average molecular weight is 253 g/mol. The molecule has 88 valence electrons. The van der Waals surface area contributed by atoms with Crippen LogP contribution in [0.5, 0.6) is 0 Å². The van der Waals surface area contributed by atoms with Crippen molar-refractivity contribution < 1.29 is 4.79 Å². The highest BCUT2D eigenvalue weighted by Crippen LogP contribution is 2.24. The van der Waals surface area contributed by atoms with Crippen LogP contribution in [0, 0.1) is 6.92 Å². The lowest BCUT2D eigenvalue weighted by Gasteiger charge is -2.03. The van der Waals surface area contributed by atoms with Crippen LogP contribution < -0.4 is 0 Å². The van der Waals surface area contributed by atoms with Crippen molar-refractivity contribution in [3.63, 3.8) is 0 Å². The zero-order chi connectivity index (χ0) is 12.5. The third-order valence-electron chi connectivity index (χ3n) is 2.89. The number of ketones is 1. The van der Waals surface area contributed by atoms with E-state index in [0.29, 0.717) is 0 Å². The molecule has 0 amide bonds. The van der Waals surface area contributed by atoms with Crippen LogP contribution in [0.4, 0.5) is 0 Å². The van der Waals surface area contributed by atoms with Crippen molar-refractivity contribution in [1.82, 2.24) is 4.98 Å². The van der Waals surface area contributed by atoms with Crippen LogP contribution in [0.25, 0.3) is 10.8 Å². The summed E-state index contributed by atoms with van der Waals surface area (Å²) in [5, 5.41) is 1.96. The molecule has 3 heteroatoms. The van der Waals surface area contributed by atoms with Crippen LogP contribution in [0.3, 0.4) is 0 Å². The van der Waals surface area contributed by atoms with Gasteiger partial charge in [-0.15, -0.1) is 11.3 Å². The minimum Gasteiger partial charge on any atom is -0.288 e. The first kappa shape index (κ1) is 11.1. The van der Waals surface area contributed by atoms with Crippen LogP contribution in [-0.4, -0.2) is 10.8 Å². The molecule has 2 nitrogen and oxygen atoms in total. The van der Waals surface area contributed by atoms with Crippen LogP contribution in [0.1, 0.15) is 20.1 Å². The molecule has 18 heavy (non-hydrogen) atoms. The number of hydrogen-bond acceptors (Lipinski definition) is 3. The summed E-state index contributed by atoms with van der Waals surface area (Å²) < 4.78 is 0. The van der Waals surface area contributed by atoms with E-state index in [1.54, 1.807) is 12.4 Å². The highest BCUT2D eigenvalue weighted by atomic mass is 32.1. The summed E-state index contributed by atoms with van der Waals surface area (Å²) in [6, 6.07) is 11.5. The molecular formula is C15H11NOS. The Morgan fingerprint density at radius 2 is 2.06 bits per heavy atom. The number of carbonyl (C=O) groups is 1. The first-order valence-corrected chi connectivity index (χ1v) is 6.51. The fourth-order valence-corrected chi connectivity index (χ4v) is 2.83. The number of fused-ring (bicyclic) bond motifs is 1. The van der Waals surface area contributed by atoms with Crippen molar-refractivity contribution in [2.24, 2.45) is 0 Å². The lowest BCUT2D eigenvalue weighted by molar-refractivity contribution is 0.104. The van der Waals surface area contributed by atoms with Gasteiger partial charge in [0.25, 0.3) is 0 Å². The SMILES string of the molecule is Cc1ccc(C(=O)c2cccc3cnccc23)s1. The summed E-state index contributed by atoms with van der Waals surface area (Å²) >= 11 is 1.53. The number of aryl methyl sites for hydroxylation is 1. The van der Waals surface area contributed by atoms with E-state index in [-0.39, 0.29) is 5.78 Å². The Morgan fingerprint density at radius 3 is 2.83 bits per heavy atom. The van der Waals surface area contributed by atoms with E-state index in [1.165, 1.54) is 11.3 Å². The van der Waals surface area contributed by atoms with Gasteiger partial charge in [-0.3, -0.25) is 9.78 Å². The standard InChI is InChI=1S/C15H11NOS/c1-10-5-6-14(18-10)15(17)13-4-2-3-11-9-16-8-7-12(11)13/h2-9H,1H3. The van der Waals surface area contributed by atoms with E-state index in [9.17, 15) is 4.79 Å². The monoisotopic (exact) mass is 253 g/mol. The molecule has 1 aromatic carbocycles. The third-order valence-corrected chi connectivity index (χ3v) is 3.89. The number of rotatable bonds is 2. The molecular weight excluding hydrogens is 242 g/mol. The summed E-state index contributed by atoms with van der Waals surface area (Å²) in [7, 11) is 0. The predicted molar refractivity (Wildman–Crippen MR) is 74.2 cm³/mol. The van der Waals surface area contributed by atoms with Gasteiger partial charge in [0.1, 0.15) is 0 Å². The van der Waals surface area contributed by atoms with E-state index >= 15 is 0 Å². The maximum atomic E-state index is 12.5. The van der Waals surface area contributed by atoms with E-state index in [1.807, 2.05) is 43.3 Å². The Hall–Kier alpha value is -2.00. The number of nitrogens with zero attached hydrogens (tertiary/aromatic N) is 1. The largest absolute Gasteiger partial charge is 0.288 e. The Balaban J connectivity index is 2.17. The van der Waals surface area contributed by atoms with Gasteiger partial charge in [0, 0.05) is 28.2 Å². The van der Waals surface area contributed by atoms with Gasteiger partial charge < -0.3 is 0 Å². The van der Waals surface area contributed by atoms with Crippen molar-refractivity contribution in [2.45, 2.75) is 6.92 Å². The molecule has 0 aliphatic rings. The van der Waals surface area contributed by atoms with Crippen molar-refractivity contribution >= 4 is 27.9 Å². The summed E-state index contributed by atoms with van der Waals surface area (Å²) in [6.45, 7) is 2.01. The first-order valence-electron chi connectivity index (χ1n) is 5.69. The van der Waals surface area contributed by atoms with Gasteiger partial charge in [-0.1, -0.05) is 18.2 Å². The fourth-order valence-electron chi connectivity index (χ4n) is 2.01. The van der Waals surface area contributed by atoms with Crippen LogP contribution in [-0.2, 0) is 0 Å². The number of benzene rings is 1. The molecule has 0 aliphatic carbocycles. The molecule has 2 heterocycles. The maximum absolute atomic E-state index is 12.5. The zero-order valence-electron chi connectivity index (χ0n) is 9.88. The second kappa shape index (κ2) is 4.35. The summed E-state index contributed by atoms with van der Waals surface area (Å²) in [4.78, 5) is 18.5. The lowest BCUT2D eigenvalue weighted by atomic mass is 10.0. The highest BCUT2D eigenvalue weighted by Gasteiger charge is 2.13. The predicted octanol–water partition coefficient (Wildman–Crippen LogP) is 3.84. The molecule has 3 rings (SSSR count). The molecule has 2 aromatic heterocycles. The van der Waals surface area contributed by atoms with Crippen molar-refractivity contribution in [1.29, 1.82) is 0 Å². The summed E-state index contributed by atoms with van der Waals surface area (Å²) in [5.74, 6) is 0.0879. The second-order valence-corrected chi connectivity index (χ2v) is 5.43. The van der Waals surface area contributed by atoms with E-state index in [0.717, 1.165) is 26.1 Å².